The fourth-order valence-electron chi connectivity index (χ4n) is 3.90. The summed E-state index contributed by atoms with van der Waals surface area (Å²) in [6.45, 7) is 10.00. The maximum Gasteiger partial charge on any atom is 0.191 e. The number of likely N-dealkylation sites (tertiary alicyclic amines) is 1. The molecule has 0 aliphatic carbocycles. The summed E-state index contributed by atoms with van der Waals surface area (Å²) in [4.78, 5) is 6.96. The number of hydrogen-bond donors (Lipinski definition) is 2. The van der Waals surface area contributed by atoms with Gasteiger partial charge >= 0.3 is 0 Å². The van der Waals surface area contributed by atoms with Crippen LogP contribution in [0.4, 0.5) is 0 Å². The molecular formula is C20H40N4O2. The van der Waals surface area contributed by atoms with Crippen molar-refractivity contribution in [1.29, 1.82) is 0 Å². The SMILES string of the molecule is CCC1CCCCN1CCNC(=NC)NCCCOCC1CCOCC1. The van der Waals surface area contributed by atoms with Gasteiger partial charge in [0.05, 0.1) is 0 Å². The molecule has 2 heterocycles. The molecule has 26 heavy (non-hydrogen) atoms. The van der Waals surface area contributed by atoms with Gasteiger partial charge in [0.2, 0.25) is 0 Å². The molecule has 2 fully saturated rings. The summed E-state index contributed by atoms with van der Waals surface area (Å²) < 4.78 is 11.2. The molecule has 2 aliphatic heterocycles. The van der Waals surface area contributed by atoms with Crippen LogP contribution < -0.4 is 10.6 Å². The van der Waals surface area contributed by atoms with Crippen LogP contribution in [0.2, 0.25) is 0 Å². The summed E-state index contributed by atoms with van der Waals surface area (Å²) >= 11 is 0. The second-order valence-electron chi connectivity index (χ2n) is 7.50. The second kappa shape index (κ2) is 13.3. The normalized spacial score (nSPS) is 23.2. The van der Waals surface area contributed by atoms with E-state index in [0.29, 0.717) is 5.92 Å². The second-order valence-corrected chi connectivity index (χ2v) is 7.50. The molecule has 6 nitrogen and oxygen atoms in total. The molecule has 1 unspecified atom stereocenters. The minimum Gasteiger partial charge on any atom is -0.381 e. The third-order valence-corrected chi connectivity index (χ3v) is 5.59. The standard InChI is InChI=1S/C20H40N4O2/c1-3-19-7-4-5-12-24(19)13-11-23-20(21-2)22-10-6-14-26-17-18-8-15-25-16-9-18/h18-19H,3-17H2,1-2H3,(H2,21,22,23). The molecule has 1 atom stereocenters. The van der Waals surface area contributed by atoms with Gasteiger partial charge in [-0.3, -0.25) is 9.89 Å². The fourth-order valence-corrected chi connectivity index (χ4v) is 3.90. The predicted octanol–water partition coefficient (Wildman–Crippen LogP) is 2.25. The number of guanidine groups is 1. The number of aliphatic imine (C=N–C) groups is 1. The first-order valence-electron chi connectivity index (χ1n) is 10.7. The summed E-state index contributed by atoms with van der Waals surface area (Å²) in [5.74, 6) is 1.59. The topological polar surface area (TPSA) is 58.1 Å². The van der Waals surface area contributed by atoms with Gasteiger partial charge in [0.15, 0.2) is 5.96 Å². The van der Waals surface area contributed by atoms with Crippen LogP contribution >= 0.6 is 0 Å². The lowest BCUT2D eigenvalue weighted by Gasteiger charge is -2.35. The fraction of sp³-hybridized carbons (Fsp3) is 0.950. The average molecular weight is 369 g/mol. The van der Waals surface area contributed by atoms with E-state index in [2.05, 4.69) is 27.4 Å². The number of ether oxygens (including phenoxy) is 2. The zero-order valence-corrected chi connectivity index (χ0v) is 17.0. The Kier molecular flexibility index (Phi) is 11.0. The Bertz CT molecular complexity index is 386. The highest BCUT2D eigenvalue weighted by Crippen LogP contribution is 2.18. The summed E-state index contributed by atoms with van der Waals surface area (Å²) in [6.07, 6.45) is 8.65. The lowest BCUT2D eigenvalue weighted by atomic mass is 10.0. The minimum atomic E-state index is 0.688. The quantitative estimate of drug-likeness (QED) is 0.352. The highest BCUT2D eigenvalue weighted by atomic mass is 16.5. The number of piperidine rings is 1. The average Bonchev–Trinajstić information content (AvgIpc) is 2.70. The molecule has 0 amide bonds. The van der Waals surface area contributed by atoms with Crippen LogP contribution in [0.3, 0.4) is 0 Å². The number of nitrogens with one attached hydrogen (secondary N) is 2. The number of nitrogens with zero attached hydrogens (tertiary/aromatic N) is 2. The van der Waals surface area contributed by atoms with Crippen LogP contribution in [0, 0.1) is 5.92 Å². The molecule has 0 bridgehead atoms. The number of rotatable bonds is 10. The van der Waals surface area contributed by atoms with Crippen LogP contribution in [-0.2, 0) is 9.47 Å². The van der Waals surface area contributed by atoms with Gasteiger partial charge in [0.25, 0.3) is 0 Å². The Hall–Kier alpha value is -0.850. The van der Waals surface area contributed by atoms with E-state index in [-0.39, 0.29) is 0 Å². The monoisotopic (exact) mass is 368 g/mol. The van der Waals surface area contributed by atoms with E-state index in [0.717, 1.165) is 77.3 Å². The van der Waals surface area contributed by atoms with E-state index in [1.54, 1.807) is 0 Å². The van der Waals surface area contributed by atoms with Gasteiger partial charge < -0.3 is 20.1 Å². The van der Waals surface area contributed by atoms with Crippen molar-refractivity contribution in [3.63, 3.8) is 0 Å². The number of hydrogen-bond acceptors (Lipinski definition) is 4. The zero-order chi connectivity index (χ0) is 18.5. The van der Waals surface area contributed by atoms with E-state index in [1.165, 1.54) is 32.2 Å². The first-order valence-corrected chi connectivity index (χ1v) is 10.7. The van der Waals surface area contributed by atoms with Gasteiger partial charge in [0, 0.05) is 59.2 Å². The molecule has 0 aromatic rings. The van der Waals surface area contributed by atoms with E-state index in [4.69, 9.17) is 9.47 Å². The van der Waals surface area contributed by atoms with Gasteiger partial charge in [-0.15, -0.1) is 0 Å². The van der Waals surface area contributed by atoms with Crippen LogP contribution in [0.5, 0.6) is 0 Å². The van der Waals surface area contributed by atoms with Gasteiger partial charge in [-0.05, 0) is 51.0 Å². The highest BCUT2D eigenvalue weighted by molar-refractivity contribution is 5.79. The predicted molar refractivity (Wildman–Crippen MR) is 108 cm³/mol. The van der Waals surface area contributed by atoms with Crippen molar-refractivity contribution in [2.75, 3.05) is 59.7 Å². The largest absolute Gasteiger partial charge is 0.381 e. The minimum absolute atomic E-state index is 0.688. The molecule has 2 aliphatic rings. The molecule has 2 rings (SSSR count). The first-order chi connectivity index (χ1) is 12.8. The van der Waals surface area contributed by atoms with Crippen molar-refractivity contribution in [2.45, 2.75) is 57.9 Å². The van der Waals surface area contributed by atoms with Crippen molar-refractivity contribution in [1.82, 2.24) is 15.5 Å². The Morgan fingerprint density at radius 1 is 1.15 bits per heavy atom. The molecule has 152 valence electrons. The van der Waals surface area contributed by atoms with Crippen LogP contribution in [0.1, 0.15) is 51.9 Å². The van der Waals surface area contributed by atoms with Crippen LogP contribution in [0.25, 0.3) is 0 Å². The van der Waals surface area contributed by atoms with E-state index in [1.807, 2.05) is 7.05 Å². The highest BCUT2D eigenvalue weighted by Gasteiger charge is 2.20. The van der Waals surface area contributed by atoms with Crippen molar-refractivity contribution in [3.8, 4) is 0 Å². The summed E-state index contributed by atoms with van der Waals surface area (Å²) in [5, 5.41) is 6.84. The van der Waals surface area contributed by atoms with Gasteiger partial charge in [0.1, 0.15) is 0 Å². The van der Waals surface area contributed by atoms with Crippen molar-refractivity contribution in [2.24, 2.45) is 10.9 Å². The van der Waals surface area contributed by atoms with Gasteiger partial charge in [-0.1, -0.05) is 13.3 Å². The molecule has 2 N–H and O–H groups in total. The third-order valence-electron chi connectivity index (χ3n) is 5.59. The lowest BCUT2D eigenvalue weighted by molar-refractivity contribution is 0.0203. The van der Waals surface area contributed by atoms with Crippen molar-refractivity contribution >= 4 is 5.96 Å². The zero-order valence-electron chi connectivity index (χ0n) is 17.0. The van der Waals surface area contributed by atoms with Crippen molar-refractivity contribution in [3.05, 3.63) is 0 Å². The molecule has 0 radical (unpaired) electrons. The van der Waals surface area contributed by atoms with E-state index < -0.39 is 0 Å². The Labute approximate surface area is 160 Å². The van der Waals surface area contributed by atoms with Gasteiger partial charge in [-0.25, -0.2) is 0 Å². The Balaban J connectivity index is 1.48. The van der Waals surface area contributed by atoms with E-state index >= 15 is 0 Å². The Morgan fingerprint density at radius 3 is 2.73 bits per heavy atom. The molecule has 6 heteroatoms. The Morgan fingerprint density at radius 2 is 1.96 bits per heavy atom. The third kappa shape index (κ3) is 8.23. The van der Waals surface area contributed by atoms with Gasteiger partial charge in [-0.2, -0.15) is 0 Å². The first kappa shape index (κ1) is 21.5. The van der Waals surface area contributed by atoms with Crippen molar-refractivity contribution < 1.29 is 9.47 Å². The van der Waals surface area contributed by atoms with Crippen LogP contribution in [0.15, 0.2) is 4.99 Å². The molecular weight excluding hydrogens is 328 g/mol. The summed E-state index contributed by atoms with van der Waals surface area (Å²) in [6, 6.07) is 0.772. The molecule has 0 spiro atoms. The van der Waals surface area contributed by atoms with Crippen LogP contribution in [-0.4, -0.2) is 76.6 Å². The summed E-state index contributed by atoms with van der Waals surface area (Å²) in [5.41, 5.74) is 0. The maximum atomic E-state index is 5.81. The maximum absolute atomic E-state index is 5.81. The molecule has 0 saturated carbocycles. The van der Waals surface area contributed by atoms with E-state index in [9.17, 15) is 0 Å². The smallest absolute Gasteiger partial charge is 0.191 e. The molecule has 2 saturated heterocycles. The molecule has 0 aromatic heterocycles. The molecule has 0 aromatic carbocycles. The summed E-state index contributed by atoms with van der Waals surface area (Å²) in [7, 11) is 1.84. The lowest BCUT2D eigenvalue weighted by Crippen LogP contribution is -2.46.